The third-order valence-electron chi connectivity index (χ3n) is 9.25. The summed E-state index contributed by atoms with van der Waals surface area (Å²) in [5, 5.41) is 20.2. The predicted molar refractivity (Wildman–Crippen MR) is 120 cm³/mol. The van der Waals surface area contributed by atoms with E-state index in [4.69, 9.17) is 4.74 Å². The molecule has 0 amide bonds. The third-order valence-corrected chi connectivity index (χ3v) is 9.25. The maximum absolute atomic E-state index is 13.2. The van der Waals surface area contributed by atoms with Crippen LogP contribution < -0.4 is 0 Å². The fourth-order valence-corrected chi connectivity index (χ4v) is 7.16. The Morgan fingerprint density at radius 2 is 2.00 bits per heavy atom. The lowest BCUT2D eigenvalue weighted by molar-refractivity contribution is -0.126. The Bertz CT molecular complexity index is 821. The summed E-state index contributed by atoms with van der Waals surface area (Å²) in [6.45, 7) is 8.62. The Balaban J connectivity index is 1.31. The molecule has 4 heteroatoms. The van der Waals surface area contributed by atoms with E-state index >= 15 is 0 Å². The van der Waals surface area contributed by atoms with Crippen molar-refractivity contribution in [3.05, 3.63) is 35.5 Å². The normalized spacial score (nSPS) is 46.3. The minimum atomic E-state index is -0.642. The number of fused-ring (bicyclic) bond motifs is 1. The number of rotatable bonds is 5. The van der Waals surface area contributed by atoms with Crippen LogP contribution in [0.25, 0.3) is 0 Å². The average molecular weight is 427 g/mol. The molecule has 4 unspecified atom stereocenters. The van der Waals surface area contributed by atoms with Crippen LogP contribution in [0.1, 0.15) is 71.6 Å². The highest BCUT2D eigenvalue weighted by molar-refractivity contribution is 5.88. The molecule has 4 nitrogen and oxygen atoms in total. The van der Waals surface area contributed by atoms with Crippen molar-refractivity contribution < 1.29 is 19.7 Å². The third kappa shape index (κ3) is 3.89. The van der Waals surface area contributed by atoms with Crippen molar-refractivity contribution in [2.75, 3.05) is 0 Å². The number of ether oxygens (including phenoxy) is 1. The number of carbonyl (C=O) groups is 1. The zero-order valence-corrected chi connectivity index (χ0v) is 19.1. The first-order valence-corrected chi connectivity index (χ1v) is 12.4. The van der Waals surface area contributed by atoms with Crippen molar-refractivity contribution in [3.63, 3.8) is 0 Å². The molecule has 0 bridgehead atoms. The number of allylic oxidation sites excluding steroid dienone is 3. The molecule has 1 saturated heterocycles. The summed E-state index contributed by atoms with van der Waals surface area (Å²) in [6, 6.07) is 0. The number of Topliss-reactive ketones (excluding diaryl/α,β-unsaturated/α-hetero) is 1. The highest BCUT2D eigenvalue weighted by Gasteiger charge is 2.57. The molecule has 1 aliphatic heterocycles. The van der Waals surface area contributed by atoms with Gasteiger partial charge in [0.25, 0.3) is 0 Å². The quantitative estimate of drug-likeness (QED) is 0.635. The molecular weight excluding hydrogens is 388 g/mol. The van der Waals surface area contributed by atoms with Crippen LogP contribution in [0.4, 0.5) is 0 Å². The van der Waals surface area contributed by atoms with Gasteiger partial charge in [-0.1, -0.05) is 38.2 Å². The summed E-state index contributed by atoms with van der Waals surface area (Å²) in [5.74, 6) is 2.02. The van der Waals surface area contributed by atoms with E-state index in [1.54, 1.807) is 0 Å². The van der Waals surface area contributed by atoms with Crippen molar-refractivity contribution >= 4 is 5.78 Å². The molecule has 5 aliphatic rings. The number of epoxide rings is 1. The fourth-order valence-electron chi connectivity index (χ4n) is 7.16. The molecule has 4 saturated carbocycles. The van der Waals surface area contributed by atoms with E-state index in [9.17, 15) is 15.0 Å². The average Bonchev–Trinajstić information content (AvgIpc) is 3.63. The van der Waals surface area contributed by atoms with Crippen molar-refractivity contribution in [1.29, 1.82) is 0 Å². The van der Waals surface area contributed by atoms with Gasteiger partial charge in [-0.25, -0.2) is 0 Å². The van der Waals surface area contributed by atoms with Gasteiger partial charge in [-0.15, -0.1) is 0 Å². The second-order valence-electron chi connectivity index (χ2n) is 11.2. The van der Waals surface area contributed by atoms with Crippen LogP contribution in [-0.2, 0) is 9.53 Å². The van der Waals surface area contributed by atoms with E-state index in [-0.39, 0.29) is 23.5 Å². The molecule has 2 N–H and O–H groups in total. The molecule has 31 heavy (non-hydrogen) atoms. The summed E-state index contributed by atoms with van der Waals surface area (Å²) in [5.41, 5.74) is 3.37. The first kappa shape index (κ1) is 21.6. The van der Waals surface area contributed by atoms with Crippen LogP contribution >= 0.6 is 0 Å². The summed E-state index contributed by atoms with van der Waals surface area (Å²) in [6.07, 6.45) is 12.4. The smallest absolute Gasteiger partial charge is 0.167 e. The van der Waals surface area contributed by atoms with Crippen LogP contribution in [0.5, 0.6) is 0 Å². The molecule has 0 aromatic rings. The van der Waals surface area contributed by atoms with Gasteiger partial charge in [0.05, 0.1) is 18.3 Å². The minimum Gasteiger partial charge on any atom is -0.393 e. The van der Waals surface area contributed by atoms with Crippen LogP contribution in [0.3, 0.4) is 0 Å². The maximum atomic E-state index is 13.2. The molecule has 0 aromatic heterocycles. The largest absolute Gasteiger partial charge is 0.393 e. The number of ketones is 1. The van der Waals surface area contributed by atoms with Crippen LogP contribution in [0.2, 0.25) is 0 Å². The Morgan fingerprint density at radius 1 is 1.23 bits per heavy atom. The SMILES string of the molecule is C=C1/C(=C/C=C2/CCC[C@@]3(C)C2CC[C@@H]3C(C)C(=O)C2OC2C2CC2)C[C@@H](O)C[C@@H]1O. The molecule has 0 radical (unpaired) electrons. The van der Waals surface area contributed by atoms with Crippen molar-refractivity contribution in [2.24, 2.45) is 29.1 Å². The van der Waals surface area contributed by atoms with Gasteiger partial charge in [-0.05, 0) is 85.7 Å². The lowest BCUT2D eigenvalue weighted by Crippen LogP contribution is -2.39. The number of aliphatic hydroxyl groups excluding tert-OH is 2. The lowest BCUT2D eigenvalue weighted by Gasteiger charge is -2.44. The van der Waals surface area contributed by atoms with E-state index in [2.05, 4.69) is 32.6 Å². The van der Waals surface area contributed by atoms with E-state index in [1.165, 1.54) is 24.8 Å². The van der Waals surface area contributed by atoms with Gasteiger partial charge < -0.3 is 14.9 Å². The summed E-state index contributed by atoms with van der Waals surface area (Å²) in [7, 11) is 0. The van der Waals surface area contributed by atoms with E-state index in [0.717, 1.165) is 36.8 Å². The molecular formula is C27H38O4. The first-order chi connectivity index (χ1) is 14.8. The summed E-state index contributed by atoms with van der Waals surface area (Å²) >= 11 is 0. The second-order valence-corrected chi connectivity index (χ2v) is 11.2. The highest BCUT2D eigenvalue weighted by Crippen LogP contribution is 2.60. The molecule has 5 fully saturated rings. The zero-order chi connectivity index (χ0) is 21.9. The topological polar surface area (TPSA) is 70.1 Å². The van der Waals surface area contributed by atoms with Gasteiger partial charge in [0.2, 0.25) is 0 Å². The van der Waals surface area contributed by atoms with Gasteiger partial charge in [0, 0.05) is 12.3 Å². The zero-order valence-electron chi connectivity index (χ0n) is 19.1. The highest BCUT2D eigenvalue weighted by atomic mass is 16.6. The van der Waals surface area contributed by atoms with Crippen molar-refractivity contribution in [3.8, 4) is 0 Å². The lowest BCUT2D eigenvalue weighted by atomic mass is 9.60. The monoisotopic (exact) mass is 426 g/mol. The molecule has 8 atom stereocenters. The minimum absolute atomic E-state index is 0.0740. The van der Waals surface area contributed by atoms with E-state index in [0.29, 0.717) is 36.4 Å². The maximum Gasteiger partial charge on any atom is 0.167 e. The Kier molecular flexibility index (Phi) is 5.55. The van der Waals surface area contributed by atoms with E-state index < -0.39 is 12.2 Å². The summed E-state index contributed by atoms with van der Waals surface area (Å²) < 4.78 is 5.79. The molecule has 0 aromatic carbocycles. The van der Waals surface area contributed by atoms with Crippen molar-refractivity contribution in [1.82, 2.24) is 0 Å². The first-order valence-electron chi connectivity index (χ1n) is 12.4. The number of hydrogen-bond donors (Lipinski definition) is 2. The van der Waals surface area contributed by atoms with Gasteiger partial charge >= 0.3 is 0 Å². The van der Waals surface area contributed by atoms with Crippen LogP contribution in [-0.4, -0.2) is 40.4 Å². The molecule has 5 rings (SSSR count). The molecule has 0 spiro atoms. The molecule has 1 heterocycles. The second kappa shape index (κ2) is 7.97. The Labute approximate surface area is 186 Å². The molecule has 170 valence electrons. The number of aliphatic hydroxyl groups is 2. The number of hydrogen-bond acceptors (Lipinski definition) is 4. The van der Waals surface area contributed by atoms with Gasteiger partial charge in [-0.2, -0.15) is 0 Å². The van der Waals surface area contributed by atoms with Gasteiger partial charge in [0.15, 0.2) is 5.78 Å². The molecule has 4 aliphatic carbocycles. The predicted octanol–water partition coefficient (Wildman–Crippen LogP) is 4.51. The Hall–Kier alpha value is -1.23. The Morgan fingerprint density at radius 3 is 2.74 bits per heavy atom. The standard InChI is InChI=1S/C27H38O4/c1-15-19(13-20(28)14-23(15)29)9-6-17-5-4-12-27(3)21(10-11-22(17)27)16(2)24(30)26-25(31-26)18-7-8-18/h6,9,16,18,20-23,25-26,28-29H,1,4-5,7-8,10-14H2,2-3H3/b17-6-,19-9+/t16?,20-,21-,22?,23+,25?,26?,27-/m1/s1. The van der Waals surface area contributed by atoms with Crippen molar-refractivity contribution in [2.45, 2.75) is 96.1 Å². The van der Waals surface area contributed by atoms with Gasteiger partial charge in [-0.3, -0.25) is 4.79 Å². The summed E-state index contributed by atoms with van der Waals surface area (Å²) in [4.78, 5) is 13.2. The fraction of sp³-hybridized carbons (Fsp3) is 0.741. The van der Waals surface area contributed by atoms with E-state index in [1.807, 2.05) is 0 Å². The van der Waals surface area contributed by atoms with Gasteiger partial charge in [0.1, 0.15) is 6.10 Å². The number of carbonyl (C=O) groups excluding carboxylic acids is 1. The van der Waals surface area contributed by atoms with Crippen LogP contribution in [0, 0.1) is 29.1 Å². The van der Waals surface area contributed by atoms with Crippen LogP contribution in [0.15, 0.2) is 35.5 Å².